The molecule has 0 saturated carbocycles. The van der Waals surface area contributed by atoms with Crippen molar-refractivity contribution in [3.8, 4) is 0 Å². The number of Topliss-reactive ketones (excluding diaryl/α,β-unsaturated/α-hetero) is 1. The van der Waals surface area contributed by atoms with E-state index in [1.165, 1.54) is 12.1 Å². The van der Waals surface area contributed by atoms with Gasteiger partial charge in [-0.15, -0.1) is 0 Å². The van der Waals surface area contributed by atoms with Crippen molar-refractivity contribution in [1.29, 1.82) is 0 Å². The number of rotatable bonds is 3. The number of hydrogen-bond acceptors (Lipinski definition) is 1. The Kier molecular flexibility index (Phi) is 4.61. The lowest BCUT2D eigenvalue weighted by molar-refractivity contribution is 0.0991. The molecule has 0 atom stereocenters. The average molecular weight is 356 g/mol. The zero-order chi connectivity index (χ0) is 14.9. The first-order valence-corrected chi connectivity index (χ1v) is 7.30. The van der Waals surface area contributed by atoms with E-state index < -0.39 is 5.82 Å². The van der Waals surface area contributed by atoms with Gasteiger partial charge in [-0.1, -0.05) is 33.6 Å². The summed E-state index contributed by atoms with van der Waals surface area (Å²) in [6, 6.07) is 8.03. The molecule has 2 aromatic carbocycles. The summed E-state index contributed by atoms with van der Waals surface area (Å²) in [5.74, 6) is -0.591. The van der Waals surface area contributed by atoms with Gasteiger partial charge in [0.15, 0.2) is 5.78 Å². The average Bonchev–Trinajstić information content (AvgIpc) is 2.39. The van der Waals surface area contributed by atoms with Crippen LogP contribution in [-0.4, -0.2) is 5.78 Å². The fourth-order valence-corrected chi connectivity index (χ4v) is 2.53. The molecule has 0 radical (unpaired) electrons. The Labute approximate surface area is 130 Å². The quantitative estimate of drug-likeness (QED) is 0.684. The normalized spacial score (nSPS) is 10.7. The second-order valence-corrected chi connectivity index (χ2v) is 5.92. The van der Waals surface area contributed by atoms with E-state index >= 15 is 0 Å². The van der Waals surface area contributed by atoms with Gasteiger partial charge in [0, 0.05) is 27.0 Å². The van der Waals surface area contributed by atoms with E-state index in [0.29, 0.717) is 5.56 Å². The molecule has 0 saturated heterocycles. The van der Waals surface area contributed by atoms with Crippen molar-refractivity contribution < 1.29 is 9.18 Å². The van der Waals surface area contributed by atoms with Crippen LogP contribution in [0.4, 0.5) is 4.39 Å². The van der Waals surface area contributed by atoms with Crippen LogP contribution < -0.4 is 0 Å². The molecule has 1 nitrogen and oxygen atoms in total. The fourth-order valence-electron chi connectivity index (χ4n) is 2.07. The van der Waals surface area contributed by atoms with Gasteiger partial charge in [-0.25, -0.2) is 4.39 Å². The molecule has 0 unspecified atom stereocenters. The minimum atomic E-state index is -0.448. The van der Waals surface area contributed by atoms with Crippen molar-refractivity contribution in [3.63, 3.8) is 0 Å². The Hall–Kier alpha value is -1.19. The Morgan fingerprint density at radius 2 is 1.85 bits per heavy atom. The molecule has 0 aliphatic rings. The first-order valence-electron chi connectivity index (χ1n) is 6.13. The summed E-state index contributed by atoms with van der Waals surface area (Å²) >= 11 is 9.41. The lowest BCUT2D eigenvalue weighted by Crippen LogP contribution is -2.07. The van der Waals surface area contributed by atoms with Gasteiger partial charge in [-0.05, 0) is 49.2 Å². The lowest BCUT2D eigenvalue weighted by atomic mass is 9.99. The van der Waals surface area contributed by atoms with Crippen LogP contribution in [0.2, 0.25) is 5.02 Å². The van der Waals surface area contributed by atoms with Crippen LogP contribution in [0.15, 0.2) is 34.8 Å². The maximum Gasteiger partial charge on any atom is 0.167 e. The highest BCUT2D eigenvalue weighted by Gasteiger charge is 2.15. The number of carbonyl (C=O) groups is 1. The first-order chi connectivity index (χ1) is 9.40. The maximum absolute atomic E-state index is 13.7. The van der Waals surface area contributed by atoms with Crippen molar-refractivity contribution in [2.45, 2.75) is 20.3 Å². The van der Waals surface area contributed by atoms with E-state index in [-0.39, 0.29) is 22.8 Å². The van der Waals surface area contributed by atoms with Gasteiger partial charge in [0.1, 0.15) is 5.82 Å². The molecule has 0 amide bonds. The Morgan fingerprint density at radius 1 is 1.25 bits per heavy atom. The molecule has 0 aliphatic heterocycles. The molecule has 0 aliphatic carbocycles. The lowest BCUT2D eigenvalue weighted by Gasteiger charge is -2.09. The Morgan fingerprint density at radius 3 is 2.40 bits per heavy atom. The molecule has 0 fully saturated rings. The summed E-state index contributed by atoms with van der Waals surface area (Å²) in [7, 11) is 0. The first kappa shape index (κ1) is 15.2. The smallest absolute Gasteiger partial charge is 0.167 e. The number of halogens is 3. The van der Waals surface area contributed by atoms with Crippen LogP contribution >= 0.6 is 27.5 Å². The number of carbonyl (C=O) groups excluding carboxylic acids is 1. The molecular weight excluding hydrogens is 343 g/mol. The van der Waals surface area contributed by atoms with Crippen LogP contribution in [-0.2, 0) is 6.42 Å². The predicted molar refractivity (Wildman–Crippen MR) is 83.1 cm³/mol. The van der Waals surface area contributed by atoms with Crippen LogP contribution in [0, 0.1) is 19.7 Å². The van der Waals surface area contributed by atoms with E-state index in [4.69, 9.17) is 11.6 Å². The summed E-state index contributed by atoms with van der Waals surface area (Å²) < 4.78 is 14.7. The second-order valence-electron chi connectivity index (χ2n) is 4.72. The summed E-state index contributed by atoms with van der Waals surface area (Å²) in [6.07, 6.45) is -0.0357. The van der Waals surface area contributed by atoms with E-state index in [1.807, 2.05) is 13.8 Å². The molecular formula is C16H13BrClFO. The SMILES string of the molecule is Cc1cc(C(=O)Cc2c(F)cccc2Cl)cc(C)c1Br. The molecule has 2 rings (SSSR count). The zero-order valence-corrected chi connectivity index (χ0v) is 13.5. The number of hydrogen-bond donors (Lipinski definition) is 0. The molecule has 0 aromatic heterocycles. The van der Waals surface area contributed by atoms with Gasteiger partial charge in [0.05, 0.1) is 0 Å². The molecule has 0 heterocycles. The van der Waals surface area contributed by atoms with Crippen molar-refractivity contribution in [2.75, 3.05) is 0 Å². The largest absolute Gasteiger partial charge is 0.294 e. The van der Waals surface area contributed by atoms with E-state index in [1.54, 1.807) is 18.2 Å². The second kappa shape index (κ2) is 6.06. The van der Waals surface area contributed by atoms with Gasteiger partial charge in [0.25, 0.3) is 0 Å². The monoisotopic (exact) mass is 354 g/mol. The third-order valence-electron chi connectivity index (χ3n) is 3.16. The molecule has 104 valence electrons. The molecule has 4 heteroatoms. The highest BCUT2D eigenvalue weighted by Crippen LogP contribution is 2.25. The molecule has 20 heavy (non-hydrogen) atoms. The topological polar surface area (TPSA) is 17.1 Å². The van der Waals surface area contributed by atoms with Crippen molar-refractivity contribution in [3.05, 3.63) is 67.9 Å². The summed E-state index contributed by atoms with van der Waals surface area (Å²) in [5, 5.41) is 0.281. The van der Waals surface area contributed by atoms with Crippen molar-refractivity contribution >= 4 is 33.3 Å². The summed E-state index contributed by atoms with van der Waals surface area (Å²) in [4.78, 5) is 12.3. The molecule has 0 spiro atoms. The molecule has 0 bridgehead atoms. The van der Waals surface area contributed by atoms with Gasteiger partial charge in [-0.3, -0.25) is 4.79 Å². The Balaban J connectivity index is 2.34. The van der Waals surface area contributed by atoms with E-state index in [0.717, 1.165) is 15.6 Å². The van der Waals surface area contributed by atoms with Crippen LogP contribution in [0.3, 0.4) is 0 Å². The minimum absolute atomic E-state index is 0.0357. The van der Waals surface area contributed by atoms with Gasteiger partial charge in [0.2, 0.25) is 0 Å². The van der Waals surface area contributed by atoms with Crippen molar-refractivity contribution in [1.82, 2.24) is 0 Å². The molecule has 2 aromatic rings. The van der Waals surface area contributed by atoms with Crippen LogP contribution in [0.1, 0.15) is 27.0 Å². The highest BCUT2D eigenvalue weighted by molar-refractivity contribution is 9.10. The number of aryl methyl sites for hydroxylation is 2. The highest BCUT2D eigenvalue weighted by atomic mass is 79.9. The standard InChI is InChI=1S/C16H13BrClFO/c1-9-6-11(7-10(2)16(9)17)15(20)8-12-13(18)4-3-5-14(12)19/h3-7H,8H2,1-2H3. The van der Waals surface area contributed by atoms with Gasteiger partial charge in [-0.2, -0.15) is 0 Å². The maximum atomic E-state index is 13.7. The number of ketones is 1. The van der Waals surface area contributed by atoms with E-state index in [2.05, 4.69) is 15.9 Å². The summed E-state index contributed by atoms with van der Waals surface area (Å²) in [5.41, 5.74) is 2.78. The minimum Gasteiger partial charge on any atom is -0.294 e. The third-order valence-corrected chi connectivity index (χ3v) is 4.76. The van der Waals surface area contributed by atoms with Gasteiger partial charge < -0.3 is 0 Å². The molecule has 0 N–H and O–H groups in total. The number of benzene rings is 2. The predicted octanol–water partition coefficient (Wildman–Crippen LogP) is 5.28. The zero-order valence-electron chi connectivity index (χ0n) is 11.1. The van der Waals surface area contributed by atoms with Crippen LogP contribution in [0.25, 0.3) is 0 Å². The summed E-state index contributed by atoms with van der Waals surface area (Å²) in [6.45, 7) is 3.84. The van der Waals surface area contributed by atoms with Crippen molar-refractivity contribution in [2.24, 2.45) is 0 Å². The third kappa shape index (κ3) is 3.10. The van der Waals surface area contributed by atoms with Gasteiger partial charge >= 0.3 is 0 Å². The fraction of sp³-hybridized carbons (Fsp3) is 0.188. The van der Waals surface area contributed by atoms with E-state index in [9.17, 15) is 9.18 Å². The van der Waals surface area contributed by atoms with Crippen LogP contribution in [0.5, 0.6) is 0 Å². The Bertz CT molecular complexity index is 639.